The third-order valence-corrected chi connectivity index (χ3v) is 13.4. The summed E-state index contributed by atoms with van der Waals surface area (Å²) in [4.78, 5) is 26.0. The van der Waals surface area contributed by atoms with Crippen LogP contribution in [0.15, 0.2) is 0 Å². The molecule has 0 amide bonds. The third kappa shape index (κ3) is 36.2. The van der Waals surface area contributed by atoms with Crippen molar-refractivity contribution in [3.63, 3.8) is 0 Å². The number of carbonyl (C=O) groups is 2. The van der Waals surface area contributed by atoms with Crippen LogP contribution in [0.3, 0.4) is 0 Å². The normalized spacial score (nSPS) is 11.7. The molecule has 0 aliphatic carbocycles. The van der Waals surface area contributed by atoms with E-state index in [1.165, 1.54) is 154 Å². The van der Waals surface area contributed by atoms with Crippen LogP contribution in [-0.2, 0) is 22.9 Å². The predicted molar refractivity (Wildman–Crippen MR) is 226 cm³/mol. The van der Waals surface area contributed by atoms with E-state index in [4.69, 9.17) is 13.3 Å². The molecule has 0 radical (unpaired) electrons. The highest BCUT2D eigenvalue weighted by atomic mass is 32.1. The Morgan fingerprint density at radius 2 is 0.667 bits per heavy atom. The molecule has 0 bridgehead atoms. The van der Waals surface area contributed by atoms with Crippen molar-refractivity contribution in [3.05, 3.63) is 0 Å². The Labute approximate surface area is 325 Å². The first-order chi connectivity index (χ1) is 25.0. The highest BCUT2D eigenvalue weighted by molar-refractivity contribution is 7.80. The second-order valence-electron chi connectivity index (χ2n) is 15.4. The molecule has 5 nitrogen and oxygen atoms in total. The van der Waals surface area contributed by atoms with Crippen molar-refractivity contribution in [1.82, 2.24) is 0 Å². The van der Waals surface area contributed by atoms with E-state index in [2.05, 4.69) is 26.5 Å². The Morgan fingerprint density at radius 3 is 0.961 bits per heavy atom. The van der Waals surface area contributed by atoms with Gasteiger partial charge in [0.05, 0.1) is 0 Å². The maximum absolute atomic E-state index is 13.0. The van der Waals surface area contributed by atoms with Crippen molar-refractivity contribution < 1.29 is 22.9 Å². The van der Waals surface area contributed by atoms with Gasteiger partial charge in [0, 0.05) is 25.5 Å². The van der Waals surface area contributed by atoms with E-state index in [-0.39, 0.29) is 11.9 Å². The molecule has 0 aromatic carbocycles. The number of rotatable bonds is 42. The van der Waals surface area contributed by atoms with Crippen LogP contribution in [0.5, 0.6) is 0 Å². The molecule has 0 heterocycles. The maximum Gasteiger partial charge on any atom is 0.636 e. The van der Waals surface area contributed by atoms with Crippen molar-refractivity contribution >= 4 is 33.4 Å². The molecule has 51 heavy (non-hydrogen) atoms. The van der Waals surface area contributed by atoms with E-state index in [9.17, 15) is 9.59 Å². The van der Waals surface area contributed by atoms with Crippen molar-refractivity contribution in [2.24, 2.45) is 0 Å². The van der Waals surface area contributed by atoms with Gasteiger partial charge in [-0.2, -0.15) is 12.6 Å². The van der Waals surface area contributed by atoms with E-state index in [0.29, 0.717) is 25.5 Å². The molecule has 0 saturated carbocycles. The van der Waals surface area contributed by atoms with Crippen LogP contribution in [0.25, 0.3) is 0 Å². The van der Waals surface area contributed by atoms with Crippen LogP contribution in [0.1, 0.15) is 252 Å². The topological polar surface area (TPSA) is 61.8 Å². The van der Waals surface area contributed by atoms with Crippen LogP contribution >= 0.6 is 12.6 Å². The van der Waals surface area contributed by atoms with Gasteiger partial charge in [-0.05, 0) is 38.4 Å². The Balaban J connectivity index is 4.30. The molecule has 0 atom stereocenters. The number of carbonyl (C=O) groups excluding carboxylic acids is 2. The SMILES string of the molecule is CCCCCCCCCCCCCCCCCC(=O)O[Si](CCCCCCS)(OCC)OC(=O)CCCCCCCCCCCCCCCCC. The molecule has 0 aliphatic heterocycles. The molecular formula is C44H88O5SSi. The minimum absolute atomic E-state index is 0.264. The van der Waals surface area contributed by atoms with Gasteiger partial charge >= 0.3 is 8.80 Å². The lowest BCUT2D eigenvalue weighted by Crippen LogP contribution is -2.49. The standard InChI is InChI=1S/C44H88O5SSi/c1-4-7-9-11-13-15-17-19-21-23-25-27-29-31-35-39-43(45)48-51(47-6-3,42-38-34-33-37-41-50)49-44(46)40-36-32-30-28-26-24-22-20-18-16-14-12-10-8-5-2/h50H,4-42H2,1-3H3. The minimum Gasteiger partial charge on any atom is -0.464 e. The number of thiol groups is 1. The summed E-state index contributed by atoms with van der Waals surface area (Å²) in [7, 11) is -3.42. The van der Waals surface area contributed by atoms with Crippen LogP contribution < -0.4 is 0 Å². The first-order valence-electron chi connectivity index (χ1n) is 22.7. The van der Waals surface area contributed by atoms with Gasteiger partial charge in [-0.25, -0.2) is 0 Å². The summed E-state index contributed by atoms with van der Waals surface area (Å²) in [6.45, 7) is 6.83. The Morgan fingerprint density at radius 1 is 0.392 bits per heavy atom. The van der Waals surface area contributed by atoms with Gasteiger partial charge in [-0.15, -0.1) is 0 Å². The van der Waals surface area contributed by atoms with Gasteiger partial charge in [-0.3, -0.25) is 9.59 Å². The van der Waals surface area contributed by atoms with Gasteiger partial charge in [0.2, 0.25) is 0 Å². The van der Waals surface area contributed by atoms with Gasteiger partial charge in [-0.1, -0.05) is 206 Å². The van der Waals surface area contributed by atoms with E-state index >= 15 is 0 Å². The van der Waals surface area contributed by atoms with Crippen LogP contribution in [0, 0.1) is 0 Å². The molecule has 0 unspecified atom stereocenters. The molecule has 0 spiro atoms. The molecule has 0 fully saturated rings. The fraction of sp³-hybridized carbons (Fsp3) is 0.955. The van der Waals surface area contributed by atoms with Crippen molar-refractivity contribution in [2.75, 3.05) is 12.4 Å². The summed E-state index contributed by atoms with van der Waals surface area (Å²) in [5.74, 6) is 0.344. The van der Waals surface area contributed by atoms with Gasteiger partial charge in [0.15, 0.2) is 0 Å². The van der Waals surface area contributed by atoms with Crippen molar-refractivity contribution in [3.8, 4) is 0 Å². The lowest BCUT2D eigenvalue weighted by molar-refractivity contribution is -0.146. The molecule has 0 aliphatic rings. The zero-order valence-corrected chi connectivity index (χ0v) is 36.5. The lowest BCUT2D eigenvalue weighted by atomic mass is 10.0. The highest BCUT2D eigenvalue weighted by Crippen LogP contribution is 2.24. The average molecular weight is 757 g/mol. The highest BCUT2D eigenvalue weighted by Gasteiger charge is 2.48. The monoisotopic (exact) mass is 757 g/mol. The van der Waals surface area contributed by atoms with Crippen molar-refractivity contribution in [1.29, 1.82) is 0 Å². The molecule has 304 valence electrons. The van der Waals surface area contributed by atoms with E-state index in [1.54, 1.807) is 0 Å². The summed E-state index contributed by atoms with van der Waals surface area (Å²) < 4.78 is 18.1. The Bertz CT molecular complexity index is 688. The molecule has 0 aromatic heterocycles. The number of unbranched alkanes of at least 4 members (excludes halogenated alkanes) is 31. The third-order valence-electron chi connectivity index (χ3n) is 10.3. The van der Waals surface area contributed by atoms with Gasteiger partial charge < -0.3 is 13.3 Å². The lowest BCUT2D eigenvalue weighted by Gasteiger charge is -2.28. The van der Waals surface area contributed by atoms with Gasteiger partial charge in [0.25, 0.3) is 11.9 Å². The summed E-state index contributed by atoms with van der Waals surface area (Å²) in [6.07, 6.45) is 43.5. The molecule has 0 aromatic rings. The average Bonchev–Trinajstić information content (AvgIpc) is 3.11. The molecule has 0 saturated heterocycles. The van der Waals surface area contributed by atoms with Crippen LogP contribution in [0.4, 0.5) is 0 Å². The Kier molecular flexibility index (Phi) is 40.2. The quantitative estimate of drug-likeness (QED) is 0.0382. The summed E-state index contributed by atoms with van der Waals surface area (Å²) in [5, 5.41) is 0. The summed E-state index contributed by atoms with van der Waals surface area (Å²) in [6, 6.07) is 0.516. The second kappa shape index (κ2) is 40.6. The molecule has 0 N–H and O–H groups in total. The number of hydrogen-bond donors (Lipinski definition) is 1. The largest absolute Gasteiger partial charge is 0.636 e. The zero-order chi connectivity index (χ0) is 37.4. The number of hydrogen-bond acceptors (Lipinski definition) is 6. The van der Waals surface area contributed by atoms with Gasteiger partial charge in [0.1, 0.15) is 0 Å². The van der Waals surface area contributed by atoms with Crippen LogP contribution in [0.2, 0.25) is 6.04 Å². The minimum atomic E-state index is -3.42. The van der Waals surface area contributed by atoms with E-state index in [0.717, 1.165) is 70.0 Å². The first-order valence-corrected chi connectivity index (χ1v) is 25.3. The maximum atomic E-state index is 13.0. The summed E-state index contributed by atoms with van der Waals surface area (Å²) in [5.41, 5.74) is 0. The molecule has 0 rings (SSSR count). The Hall–Kier alpha value is -0.533. The fourth-order valence-corrected chi connectivity index (χ4v) is 9.76. The van der Waals surface area contributed by atoms with E-state index < -0.39 is 8.80 Å². The predicted octanol–water partition coefficient (Wildman–Crippen LogP) is 15.1. The second-order valence-corrected chi connectivity index (χ2v) is 18.4. The van der Waals surface area contributed by atoms with Crippen molar-refractivity contribution in [2.45, 2.75) is 258 Å². The first kappa shape index (κ1) is 50.5. The zero-order valence-electron chi connectivity index (χ0n) is 34.6. The van der Waals surface area contributed by atoms with Crippen LogP contribution in [-0.4, -0.2) is 33.1 Å². The summed E-state index contributed by atoms with van der Waals surface area (Å²) >= 11 is 4.33. The smallest absolute Gasteiger partial charge is 0.464 e. The van der Waals surface area contributed by atoms with E-state index in [1.807, 2.05) is 6.92 Å². The fourth-order valence-electron chi connectivity index (χ4n) is 7.01. The molecular weight excluding hydrogens is 669 g/mol. The molecule has 7 heteroatoms.